The maximum absolute atomic E-state index is 6.07. The van der Waals surface area contributed by atoms with Gasteiger partial charge in [0.1, 0.15) is 5.82 Å². The normalized spacial score (nSPS) is 23.3. The predicted molar refractivity (Wildman–Crippen MR) is 143 cm³/mol. The second kappa shape index (κ2) is 11.3. The average molecular weight is 475 g/mol. The summed E-state index contributed by atoms with van der Waals surface area (Å²) in [5.41, 5.74) is 2.36. The van der Waals surface area contributed by atoms with Gasteiger partial charge in [-0.3, -0.25) is 4.90 Å². The highest BCUT2D eigenvalue weighted by molar-refractivity contribution is 5.90. The summed E-state index contributed by atoms with van der Waals surface area (Å²) in [7, 11) is 4.07. The zero-order valence-electron chi connectivity index (χ0n) is 21.0. The molecular formula is C28H38N6O. The first kappa shape index (κ1) is 24.0. The summed E-state index contributed by atoms with van der Waals surface area (Å²) < 4.78 is 6.07. The third kappa shape index (κ3) is 6.28. The second-order valence-corrected chi connectivity index (χ2v) is 10.1. The van der Waals surface area contributed by atoms with Gasteiger partial charge in [-0.2, -0.15) is 4.98 Å². The number of anilines is 2. The molecule has 1 unspecified atom stereocenters. The Morgan fingerprint density at radius 2 is 1.69 bits per heavy atom. The topological polar surface area (TPSA) is 65.6 Å². The summed E-state index contributed by atoms with van der Waals surface area (Å²) >= 11 is 0. The minimum absolute atomic E-state index is 0.263. The second-order valence-electron chi connectivity index (χ2n) is 10.1. The van der Waals surface area contributed by atoms with Gasteiger partial charge in [-0.15, -0.1) is 0 Å². The predicted octanol–water partition coefficient (Wildman–Crippen LogP) is 3.91. The maximum atomic E-state index is 6.07. The van der Waals surface area contributed by atoms with Gasteiger partial charge in [0.15, 0.2) is 0 Å². The smallest absolute Gasteiger partial charge is 0.225 e. The van der Waals surface area contributed by atoms with Crippen molar-refractivity contribution in [1.82, 2.24) is 20.2 Å². The van der Waals surface area contributed by atoms with E-state index in [0.29, 0.717) is 12.1 Å². The first-order valence-corrected chi connectivity index (χ1v) is 13.0. The lowest BCUT2D eigenvalue weighted by Gasteiger charge is -2.35. The van der Waals surface area contributed by atoms with Crippen LogP contribution in [0.1, 0.15) is 31.2 Å². The number of hydrogen-bond acceptors (Lipinski definition) is 7. The molecule has 2 heterocycles. The molecular weight excluding hydrogens is 436 g/mol. The Bertz CT molecular complexity index is 1080. The average Bonchev–Trinajstić information content (AvgIpc) is 2.88. The molecule has 35 heavy (non-hydrogen) atoms. The zero-order valence-corrected chi connectivity index (χ0v) is 21.0. The molecule has 0 spiro atoms. The van der Waals surface area contributed by atoms with E-state index < -0.39 is 0 Å². The number of hydrogen-bond donors (Lipinski definition) is 2. The van der Waals surface area contributed by atoms with Crippen molar-refractivity contribution in [3.05, 3.63) is 60.2 Å². The SMILES string of the molecule is CN(C)c1nc(N[C@H]2CC[C@@H](NCC3CN(Cc4ccccc4)CCO3)CC2)nc2ccccc12. The molecule has 1 saturated heterocycles. The minimum Gasteiger partial charge on any atom is -0.374 e. The molecule has 0 radical (unpaired) electrons. The van der Waals surface area contributed by atoms with E-state index in [-0.39, 0.29) is 6.10 Å². The summed E-state index contributed by atoms with van der Waals surface area (Å²) in [4.78, 5) is 14.2. The quantitative estimate of drug-likeness (QED) is 0.513. The molecule has 5 rings (SSSR count). The summed E-state index contributed by atoms with van der Waals surface area (Å²) in [6.45, 7) is 4.75. The molecule has 1 aromatic heterocycles. The molecule has 1 atom stereocenters. The molecule has 2 aromatic carbocycles. The Morgan fingerprint density at radius 1 is 0.943 bits per heavy atom. The van der Waals surface area contributed by atoms with Crippen molar-refractivity contribution in [2.45, 2.75) is 50.4 Å². The van der Waals surface area contributed by atoms with Gasteiger partial charge in [0.05, 0.1) is 18.2 Å². The number of para-hydroxylation sites is 1. The van der Waals surface area contributed by atoms with Crippen molar-refractivity contribution in [2.75, 3.05) is 50.6 Å². The molecule has 2 aliphatic rings. The molecule has 1 aliphatic carbocycles. The molecule has 1 aliphatic heterocycles. The van der Waals surface area contributed by atoms with Crippen LogP contribution in [0.25, 0.3) is 10.9 Å². The number of rotatable bonds is 8. The van der Waals surface area contributed by atoms with Crippen LogP contribution >= 0.6 is 0 Å². The van der Waals surface area contributed by atoms with E-state index in [1.54, 1.807) is 0 Å². The summed E-state index contributed by atoms with van der Waals surface area (Å²) in [5.74, 6) is 1.69. The Hall–Kier alpha value is -2.74. The maximum Gasteiger partial charge on any atom is 0.225 e. The van der Waals surface area contributed by atoms with Gasteiger partial charge in [0.2, 0.25) is 5.95 Å². The van der Waals surface area contributed by atoms with Gasteiger partial charge in [-0.05, 0) is 43.4 Å². The monoisotopic (exact) mass is 474 g/mol. The van der Waals surface area contributed by atoms with Crippen molar-refractivity contribution in [3.63, 3.8) is 0 Å². The standard InChI is InChI=1S/C28H38N6O/c1-33(2)27-25-10-6-7-11-26(25)31-28(32-27)30-23-14-12-22(13-15-23)29-18-24-20-34(16-17-35-24)19-21-8-4-3-5-9-21/h3-11,22-24,29H,12-20H2,1-2H3,(H,30,31,32)/t22-,23+,24?. The molecule has 2 N–H and O–H groups in total. The van der Waals surface area contributed by atoms with Crippen LogP contribution in [-0.2, 0) is 11.3 Å². The third-order valence-electron chi connectivity index (χ3n) is 7.17. The number of aromatic nitrogens is 2. The molecule has 3 aromatic rings. The Labute approximate surface area is 208 Å². The van der Waals surface area contributed by atoms with E-state index in [9.17, 15) is 0 Å². The van der Waals surface area contributed by atoms with Crippen LogP contribution in [0.15, 0.2) is 54.6 Å². The first-order chi connectivity index (χ1) is 17.1. The van der Waals surface area contributed by atoms with Crippen molar-refractivity contribution in [2.24, 2.45) is 0 Å². The highest BCUT2D eigenvalue weighted by Gasteiger charge is 2.25. The third-order valence-corrected chi connectivity index (χ3v) is 7.17. The van der Waals surface area contributed by atoms with Crippen molar-refractivity contribution < 1.29 is 4.74 Å². The molecule has 0 bridgehead atoms. The van der Waals surface area contributed by atoms with Crippen LogP contribution in [0.5, 0.6) is 0 Å². The Morgan fingerprint density at radius 3 is 2.49 bits per heavy atom. The fraction of sp³-hybridized carbons (Fsp3) is 0.500. The number of nitrogens with zero attached hydrogens (tertiary/aromatic N) is 4. The zero-order chi connectivity index (χ0) is 24.0. The summed E-state index contributed by atoms with van der Waals surface area (Å²) in [6.07, 6.45) is 4.82. The van der Waals surface area contributed by atoms with E-state index in [1.807, 2.05) is 26.2 Å². The van der Waals surface area contributed by atoms with Crippen LogP contribution in [-0.4, -0.2) is 73.4 Å². The largest absolute Gasteiger partial charge is 0.374 e. The molecule has 7 heteroatoms. The highest BCUT2D eigenvalue weighted by atomic mass is 16.5. The first-order valence-electron chi connectivity index (χ1n) is 13.0. The number of ether oxygens (including phenoxy) is 1. The van der Waals surface area contributed by atoms with Crippen molar-refractivity contribution in [3.8, 4) is 0 Å². The van der Waals surface area contributed by atoms with Gasteiger partial charge >= 0.3 is 0 Å². The van der Waals surface area contributed by atoms with Crippen LogP contribution in [0, 0.1) is 0 Å². The summed E-state index contributed by atoms with van der Waals surface area (Å²) in [5, 5.41) is 8.49. The number of fused-ring (bicyclic) bond motifs is 1. The van der Waals surface area contributed by atoms with Crippen molar-refractivity contribution in [1.29, 1.82) is 0 Å². The molecule has 1 saturated carbocycles. The molecule has 186 valence electrons. The van der Waals surface area contributed by atoms with Crippen LogP contribution in [0.4, 0.5) is 11.8 Å². The van der Waals surface area contributed by atoms with E-state index >= 15 is 0 Å². The van der Waals surface area contributed by atoms with E-state index in [2.05, 4.69) is 62.9 Å². The van der Waals surface area contributed by atoms with E-state index in [4.69, 9.17) is 14.7 Å². The van der Waals surface area contributed by atoms with E-state index in [0.717, 1.165) is 81.1 Å². The van der Waals surface area contributed by atoms with Gasteiger partial charge in [0, 0.05) is 57.7 Å². The fourth-order valence-electron chi connectivity index (χ4n) is 5.28. The molecule has 7 nitrogen and oxygen atoms in total. The van der Waals surface area contributed by atoms with E-state index in [1.165, 1.54) is 5.56 Å². The number of benzene rings is 2. The summed E-state index contributed by atoms with van der Waals surface area (Å²) in [6, 6.07) is 19.9. The number of morpholine rings is 1. The van der Waals surface area contributed by atoms with Crippen LogP contribution in [0.3, 0.4) is 0 Å². The molecule has 0 amide bonds. The van der Waals surface area contributed by atoms with Gasteiger partial charge in [-0.1, -0.05) is 42.5 Å². The van der Waals surface area contributed by atoms with Crippen LogP contribution < -0.4 is 15.5 Å². The highest BCUT2D eigenvalue weighted by Crippen LogP contribution is 2.26. The number of nitrogens with one attached hydrogen (secondary N) is 2. The van der Waals surface area contributed by atoms with Crippen LogP contribution in [0.2, 0.25) is 0 Å². The van der Waals surface area contributed by atoms with Gasteiger partial charge < -0.3 is 20.3 Å². The minimum atomic E-state index is 0.263. The van der Waals surface area contributed by atoms with Gasteiger partial charge in [-0.25, -0.2) is 4.98 Å². The Balaban J connectivity index is 1.08. The molecule has 2 fully saturated rings. The lowest BCUT2D eigenvalue weighted by Crippen LogP contribution is -2.48. The lowest BCUT2D eigenvalue weighted by molar-refractivity contribution is -0.0314. The Kier molecular flexibility index (Phi) is 7.76. The fourth-order valence-corrected chi connectivity index (χ4v) is 5.28. The lowest BCUT2D eigenvalue weighted by atomic mass is 9.91. The van der Waals surface area contributed by atoms with Gasteiger partial charge in [0.25, 0.3) is 0 Å². The van der Waals surface area contributed by atoms with Crippen molar-refractivity contribution >= 4 is 22.7 Å².